The molecule has 0 unspecified atom stereocenters. The average molecular weight is 305 g/mol. The van der Waals surface area contributed by atoms with Gasteiger partial charge in [0.05, 0.1) is 0 Å². The van der Waals surface area contributed by atoms with Gasteiger partial charge in [0.1, 0.15) is 10.8 Å². The third-order valence-corrected chi connectivity index (χ3v) is 3.76. The minimum absolute atomic E-state index is 0.0351. The number of hydrogen-bond acceptors (Lipinski definition) is 5. The Labute approximate surface area is 128 Å². The number of nitrogens with one attached hydrogen (secondary N) is 1. The first-order chi connectivity index (χ1) is 10.1. The molecule has 0 atom stereocenters. The Morgan fingerprint density at radius 3 is 2.86 bits per heavy atom. The summed E-state index contributed by atoms with van der Waals surface area (Å²) in [6.45, 7) is 6.03. The van der Waals surface area contributed by atoms with Gasteiger partial charge in [-0.2, -0.15) is 0 Å². The van der Waals surface area contributed by atoms with Gasteiger partial charge in [0.15, 0.2) is 6.61 Å². The van der Waals surface area contributed by atoms with E-state index in [4.69, 9.17) is 4.74 Å². The number of nitrogens with zero attached hydrogens (tertiary/aromatic N) is 2. The third-order valence-electron chi connectivity index (χ3n) is 2.87. The van der Waals surface area contributed by atoms with Crippen molar-refractivity contribution in [2.24, 2.45) is 0 Å². The van der Waals surface area contributed by atoms with E-state index in [-0.39, 0.29) is 12.5 Å². The molecule has 0 radical (unpaired) electrons. The lowest BCUT2D eigenvalue weighted by Gasteiger charge is -2.09. The van der Waals surface area contributed by atoms with Gasteiger partial charge in [-0.25, -0.2) is 0 Å². The van der Waals surface area contributed by atoms with Crippen LogP contribution in [0.5, 0.6) is 5.75 Å². The van der Waals surface area contributed by atoms with Crippen molar-refractivity contribution < 1.29 is 9.53 Å². The number of carbonyl (C=O) groups is 1. The summed E-state index contributed by atoms with van der Waals surface area (Å²) in [6, 6.07) is 5.86. The van der Waals surface area contributed by atoms with E-state index in [9.17, 15) is 4.79 Å². The van der Waals surface area contributed by atoms with Gasteiger partial charge in [0.25, 0.3) is 5.91 Å². The fourth-order valence-electron chi connectivity index (χ4n) is 1.88. The molecule has 0 aliphatic rings. The first-order valence-corrected chi connectivity index (χ1v) is 7.72. The van der Waals surface area contributed by atoms with Crippen molar-refractivity contribution in [3.63, 3.8) is 0 Å². The first kappa shape index (κ1) is 15.4. The summed E-state index contributed by atoms with van der Waals surface area (Å²) in [5.74, 6) is 0.494. The van der Waals surface area contributed by atoms with Crippen LogP contribution in [0.3, 0.4) is 0 Å². The molecule has 1 N–H and O–H groups in total. The normalized spacial score (nSPS) is 10.4. The van der Waals surface area contributed by atoms with Crippen molar-refractivity contribution in [3.8, 4) is 5.75 Å². The fraction of sp³-hybridized carbons (Fsp3) is 0.400. The standard InChI is InChI=1S/C15H19N3O2S/c1-4-5-14-17-18-15(21-14)16-13(19)9-20-12-7-6-10(2)8-11(12)3/h6-8H,4-5,9H2,1-3H3,(H,16,18,19). The zero-order valence-electron chi connectivity index (χ0n) is 12.5. The molecule has 2 aromatic rings. The molecule has 2 rings (SSSR count). The molecule has 5 nitrogen and oxygen atoms in total. The molecule has 0 spiro atoms. The molecule has 0 fully saturated rings. The Morgan fingerprint density at radius 1 is 1.33 bits per heavy atom. The van der Waals surface area contributed by atoms with Crippen molar-refractivity contribution in [3.05, 3.63) is 34.3 Å². The minimum Gasteiger partial charge on any atom is -0.483 e. The zero-order valence-corrected chi connectivity index (χ0v) is 13.3. The maximum absolute atomic E-state index is 11.8. The van der Waals surface area contributed by atoms with E-state index in [1.165, 1.54) is 16.9 Å². The summed E-state index contributed by atoms with van der Waals surface area (Å²) in [5, 5.41) is 12.1. The number of amides is 1. The lowest BCUT2D eigenvalue weighted by atomic mass is 10.1. The van der Waals surface area contributed by atoms with Gasteiger partial charge in [-0.1, -0.05) is 36.0 Å². The minimum atomic E-state index is -0.228. The zero-order chi connectivity index (χ0) is 15.2. The van der Waals surface area contributed by atoms with Gasteiger partial charge < -0.3 is 4.74 Å². The Hall–Kier alpha value is -1.95. The quantitative estimate of drug-likeness (QED) is 0.890. The number of benzene rings is 1. The number of carbonyl (C=O) groups excluding carboxylic acids is 1. The highest BCUT2D eigenvalue weighted by Crippen LogP contribution is 2.19. The topological polar surface area (TPSA) is 64.1 Å². The van der Waals surface area contributed by atoms with Gasteiger partial charge in [-0.3, -0.25) is 10.1 Å². The Balaban J connectivity index is 1.86. The van der Waals surface area contributed by atoms with Gasteiger partial charge in [0, 0.05) is 6.42 Å². The molecule has 1 aromatic heterocycles. The first-order valence-electron chi connectivity index (χ1n) is 6.90. The van der Waals surface area contributed by atoms with Crippen LogP contribution < -0.4 is 10.1 Å². The Bertz CT molecular complexity index is 625. The van der Waals surface area contributed by atoms with Crippen LogP contribution in [0.4, 0.5) is 5.13 Å². The fourth-order valence-corrected chi connectivity index (χ4v) is 2.74. The molecular formula is C15H19N3O2S. The van der Waals surface area contributed by atoms with Crippen molar-refractivity contribution in [2.75, 3.05) is 11.9 Å². The second-order valence-electron chi connectivity index (χ2n) is 4.86. The molecule has 6 heteroatoms. The van der Waals surface area contributed by atoms with Crippen LogP contribution in [0.25, 0.3) is 0 Å². The Morgan fingerprint density at radius 2 is 2.14 bits per heavy atom. The van der Waals surface area contributed by atoms with Crippen LogP contribution in [-0.2, 0) is 11.2 Å². The van der Waals surface area contributed by atoms with E-state index in [2.05, 4.69) is 22.4 Å². The van der Waals surface area contributed by atoms with Crippen LogP contribution in [0.1, 0.15) is 29.5 Å². The largest absolute Gasteiger partial charge is 0.483 e. The lowest BCUT2D eigenvalue weighted by molar-refractivity contribution is -0.118. The van der Waals surface area contributed by atoms with E-state index in [0.717, 1.165) is 29.2 Å². The van der Waals surface area contributed by atoms with Crippen LogP contribution in [0, 0.1) is 13.8 Å². The van der Waals surface area contributed by atoms with Crippen LogP contribution in [-0.4, -0.2) is 22.7 Å². The van der Waals surface area contributed by atoms with Gasteiger partial charge in [-0.15, -0.1) is 10.2 Å². The Kier molecular flexibility index (Phi) is 5.27. The van der Waals surface area contributed by atoms with E-state index in [1.807, 2.05) is 32.0 Å². The van der Waals surface area contributed by atoms with Gasteiger partial charge in [-0.05, 0) is 31.9 Å². The molecule has 21 heavy (non-hydrogen) atoms. The summed E-state index contributed by atoms with van der Waals surface area (Å²) >= 11 is 1.40. The summed E-state index contributed by atoms with van der Waals surface area (Å²) in [6.07, 6.45) is 1.89. The molecule has 0 aliphatic heterocycles. The molecular weight excluding hydrogens is 286 g/mol. The maximum atomic E-state index is 11.8. The average Bonchev–Trinajstić information content (AvgIpc) is 2.85. The third kappa shape index (κ3) is 4.53. The smallest absolute Gasteiger partial charge is 0.264 e. The number of anilines is 1. The molecule has 1 heterocycles. The van der Waals surface area contributed by atoms with Crippen LogP contribution in [0.15, 0.2) is 18.2 Å². The highest BCUT2D eigenvalue weighted by Gasteiger charge is 2.09. The summed E-state index contributed by atoms with van der Waals surface area (Å²) < 4.78 is 5.52. The monoisotopic (exact) mass is 305 g/mol. The molecule has 0 bridgehead atoms. The van der Waals surface area contributed by atoms with Gasteiger partial charge >= 0.3 is 0 Å². The molecule has 1 aromatic carbocycles. The number of rotatable bonds is 6. The van der Waals surface area contributed by atoms with Crippen molar-refractivity contribution >= 4 is 22.4 Å². The van der Waals surface area contributed by atoms with Crippen LogP contribution in [0.2, 0.25) is 0 Å². The SMILES string of the molecule is CCCc1nnc(NC(=O)COc2ccc(C)cc2C)s1. The van der Waals surface area contributed by atoms with Crippen molar-refractivity contribution in [1.29, 1.82) is 0 Å². The van der Waals surface area contributed by atoms with Crippen molar-refractivity contribution in [2.45, 2.75) is 33.6 Å². The maximum Gasteiger partial charge on any atom is 0.264 e. The summed E-state index contributed by atoms with van der Waals surface area (Å²) in [7, 11) is 0. The van der Waals surface area contributed by atoms with E-state index in [0.29, 0.717) is 5.13 Å². The second-order valence-corrected chi connectivity index (χ2v) is 5.92. The highest BCUT2D eigenvalue weighted by atomic mass is 32.1. The number of aromatic nitrogens is 2. The lowest BCUT2D eigenvalue weighted by Crippen LogP contribution is -2.20. The van der Waals surface area contributed by atoms with Crippen molar-refractivity contribution in [1.82, 2.24) is 10.2 Å². The second kappa shape index (κ2) is 7.17. The summed E-state index contributed by atoms with van der Waals surface area (Å²) in [5.41, 5.74) is 2.19. The molecule has 0 saturated heterocycles. The predicted molar refractivity (Wildman–Crippen MR) is 83.9 cm³/mol. The molecule has 0 aliphatic carbocycles. The predicted octanol–water partition coefficient (Wildman–Crippen LogP) is 3.12. The summed E-state index contributed by atoms with van der Waals surface area (Å²) in [4.78, 5) is 11.8. The number of aryl methyl sites for hydroxylation is 3. The number of ether oxygens (including phenoxy) is 1. The molecule has 0 saturated carbocycles. The van der Waals surface area contributed by atoms with E-state index < -0.39 is 0 Å². The van der Waals surface area contributed by atoms with Gasteiger partial charge in [0.2, 0.25) is 5.13 Å². The molecule has 1 amide bonds. The highest BCUT2D eigenvalue weighted by molar-refractivity contribution is 7.15. The molecule has 112 valence electrons. The van der Waals surface area contributed by atoms with E-state index >= 15 is 0 Å². The van der Waals surface area contributed by atoms with Crippen LogP contribution >= 0.6 is 11.3 Å². The number of hydrogen-bond donors (Lipinski definition) is 1. The van der Waals surface area contributed by atoms with E-state index in [1.54, 1.807) is 0 Å².